The Bertz CT molecular complexity index is 379. The summed E-state index contributed by atoms with van der Waals surface area (Å²) in [5.41, 5.74) is 0. The van der Waals surface area contributed by atoms with Crippen LogP contribution in [0.5, 0.6) is 0 Å². The van der Waals surface area contributed by atoms with Crippen molar-refractivity contribution >= 4 is 52.9 Å². The number of nitrogens with zero attached hydrogens (tertiary/aromatic N) is 2. The van der Waals surface area contributed by atoms with Crippen LogP contribution in [0.15, 0.2) is 34.1 Å². The van der Waals surface area contributed by atoms with Gasteiger partial charge in [0.05, 0.1) is 6.54 Å². The minimum atomic E-state index is 0. The zero-order chi connectivity index (χ0) is 12.7. The standard InChI is InChI=1S/C12H18ClN3S.HI/c1-10(13)9-15-12(14-2)16(3)7-6-11-5-4-8-17-11;/h4-5,8H,1,6-7,9H2,2-3H3,(H,14,15);1H. The van der Waals surface area contributed by atoms with Crippen LogP contribution in [0.1, 0.15) is 4.88 Å². The Morgan fingerprint density at radius 3 is 2.83 bits per heavy atom. The lowest BCUT2D eigenvalue weighted by molar-refractivity contribution is 0.490. The molecule has 0 radical (unpaired) electrons. The van der Waals surface area contributed by atoms with Crippen molar-refractivity contribution in [2.75, 3.05) is 27.2 Å². The molecule has 0 atom stereocenters. The van der Waals surface area contributed by atoms with Crippen molar-refractivity contribution in [3.05, 3.63) is 34.0 Å². The quantitative estimate of drug-likeness (QED) is 0.468. The van der Waals surface area contributed by atoms with E-state index in [9.17, 15) is 0 Å². The van der Waals surface area contributed by atoms with Gasteiger partial charge in [0.1, 0.15) is 0 Å². The van der Waals surface area contributed by atoms with E-state index in [4.69, 9.17) is 11.6 Å². The van der Waals surface area contributed by atoms with Gasteiger partial charge in [-0.2, -0.15) is 0 Å². The highest BCUT2D eigenvalue weighted by Crippen LogP contribution is 2.09. The molecule has 1 rings (SSSR count). The van der Waals surface area contributed by atoms with Crippen LogP contribution in [-0.4, -0.2) is 38.0 Å². The molecule has 6 heteroatoms. The third-order valence-corrected chi connectivity index (χ3v) is 3.36. The van der Waals surface area contributed by atoms with Crippen LogP contribution in [0.3, 0.4) is 0 Å². The maximum Gasteiger partial charge on any atom is 0.193 e. The molecule has 0 unspecified atom stereocenters. The summed E-state index contributed by atoms with van der Waals surface area (Å²) in [7, 11) is 3.78. The lowest BCUT2D eigenvalue weighted by atomic mass is 10.3. The van der Waals surface area contributed by atoms with E-state index in [0.717, 1.165) is 18.9 Å². The molecule has 1 heterocycles. The molecule has 0 fully saturated rings. The molecule has 1 N–H and O–H groups in total. The first-order valence-electron chi connectivity index (χ1n) is 5.41. The summed E-state index contributed by atoms with van der Waals surface area (Å²) >= 11 is 7.49. The smallest absolute Gasteiger partial charge is 0.193 e. The van der Waals surface area contributed by atoms with Gasteiger partial charge in [0.25, 0.3) is 0 Å². The Balaban J connectivity index is 0.00000289. The van der Waals surface area contributed by atoms with Crippen molar-refractivity contribution < 1.29 is 0 Å². The zero-order valence-corrected chi connectivity index (χ0v) is 14.6. The second kappa shape index (κ2) is 9.63. The molecule has 0 saturated heterocycles. The van der Waals surface area contributed by atoms with Gasteiger partial charge < -0.3 is 10.2 Å². The largest absolute Gasteiger partial charge is 0.351 e. The van der Waals surface area contributed by atoms with Crippen LogP contribution in [0.4, 0.5) is 0 Å². The van der Waals surface area contributed by atoms with Crippen LogP contribution >= 0.6 is 46.9 Å². The second-order valence-corrected chi connectivity index (χ2v) is 5.24. The monoisotopic (exact) mass is 399 g/mol. The first kappa shape index (κ1) is 17.7. The average molecular weight is 400 g/mol. The van der Waals surface area contributed by atoms with Crippen LogP contribution in [-0.2, 0) is 6.42 Å². The highest BCUT2D eigenvalue weighted by atomic mass is 127. The van der Waals surface area contributed by atoms with E-state index in [-0.39, 0.29) is 24.0 Å². The number of aliphatic imine (C=N–C) groups is 1. The number of likely N-dealkylation sites (N-methyl/N-ethyl adjacent to an activating group) is 1. The van der Waals surface area contributed by atoms with E-state index in [1.165, 1.54) is 4.88 Å². The lowest BCUT2D eigenvalue weighted by Crippen LogP contribution is -2.40. The Morgan fingerprint density at radius 2 is 2.33 bits per heavy atom. The highest BCUT2D eigenvalue weighted by Gasteiger charge is 2.05. The van der Waals surface area contributed by atoms with E-state index in [2.05, 4.69) is 39.3 Å². The summed E-state index contributed by atoms with van der Waals surface area (Å²) in [6.45, 7) is 5.10. The fourth-order valence-electron chi connectivity index (χ4n) is 1.40. The van der Waals surface area contributed by atoms with Gasteiger partial charge in [-0.1, -0.05) is 24.2 Å². The van der Waals surface area contributed by atoms with Crippen molar-refractivity contribution in [1.82, 2.24) is 10.2 Å². The van der Waals surface area contributed by atoms with Crippen molar-refractivity contribution in [3.63, 3.8) is 0 Å². The summed E-state index contributed by atoms with van der Waals surface area (Å²) in [5, 5.41) is 5.82. The van der Waals surface area contributed by atoms with E-state index >= 15 is 0 Å². The Labute approximate surface area is 135 Å². The fraction of sp³-hybridized carbons (Fsp3) is 0.417. The summed E-state index contributed by atoms with van der Waals surface area (Å²) in [4.78, 5) is 7.66. The second-order valence-electron chi connectivity index (χ2n) is 3.67. The van der Waals surface area contributed by atoms with E-state index in [0.29, 0.717) is 11.6 Å². The fourth-order valence-corrected chi connectivity index (χ4v) is 2.16. The Hall–Kier alpha value is -0.270. The van der Waals surface area contributed by atoms with Gasteiger partial charge >= 0.3 is 0 Å². The lowest BCUT2D eigenvalue weighted by Gasteiger charge is -2.21. The number of guanidine groups is 1. The van der Waals surface area contributed by atoms with Gasteiger partial charge in [-0.3, -0.25) is 4.99 Å². The topological polar surface area (TPSA) is 27.6 Å². The molecule has 0 aliphatic carbocycles. The normalized spacial score (nSPS) is 10.7. The van der Waals surface area contributed by atoms with Gasteiger partial charge in [0, 0.05) is 30.5 Å². The molecule has 0 aliphatic heterocycles. The summed E-state index contributed by atoms with van der Waals surface area (Å²) in [5.74, 6) is 0.836. The average Bonchev–Trinajstić information content (AvgIpc) is 2.79. The van der Waals surface area contributed by atoms with Gasteiger partial charge in [-0.05, 0) is 17.9 Å². The molecule has 0 aliphatic rings. The molecule has 0 saturated carbocycles. The predicted molar refractivity (Wildman–Crippen MR) is 92.4 cm³/mol. The van der Waals surface area contributed by atoms with E-state index in [1.54, 1.807) is 18.4 Å². The molecule has 1 aromatic heterocycles. The third-order valence-electron chi connectivity index (χ3n) is 2.29. The SMILES string of the molecule is C=C(Cl)CNC(=NC)N(C)CCc1cccs1.I. The Kier molecular flexibility index (Phi) is 9.49. The molecular formula is C12H19ClIN3S. The molecule has 1 aromatic rings. The molecule has 18 heavy (non-hydrogen) atoms. The summed E-state index contributed by atoms with van der Waals surface area (Å²) in [6, 6.07) is 4.22. The minimum absolute atomic E-state index is 0. The van der Waals surface area contributed by atoms with Crippen LogP contribution in [0, 0.1) is 0 Å². The molecule has 0 bridgehead atoms. The van der Waals surface area contributed by atoms with Crippen LogP contribution < -0.4 is 5.32 Å². The molecule has 0 aromatic carbocycles. The number of hydrogen-bond acceptors (Lipinski definition) is 2. The third kappa shape index (κ3) is 6.61. The zero-order valence-electron chi connectivity index (χ0n) is 10.6. The van der Waals surface area contributed by atoms with Crippen LogP contribution in [0.2, 0.25) is 0 Å². The molecule has 0 amide bonds. The molecule has 102 valence electrons. The van der Waals surface area contributed by atoms with Gasteiger partial charge in [-0.25, -0.2) is 0 Å². The van der Waals surface area contributed by atoms with Crippen molar-refractivity contribution in [3.8, 4) is 0 Å². The number of thiophene rings is 1. The predicted octanol–water partition coefficient (Wildman–Crippen LogP) is 3.17. The van der Waals surface area contributed by atoms with E-state index in [1.807, 2.05) is 7.05 Å². The molecule has 3 nitrogen and oxygen atoms in total. The van der Waals surface area contributed by atoms with Crippen LogP contribution in [0.25, 0.3) is 0 Å². The maximum absolute atomic E-state index is 5.71. The first-order valence-corrected chi connectivity index (χ1v) is 6.66. The number of halogens is 2. The van der Waals surface area contributed by atoms with Crippen molar-refractivity contribution in [2.45, 2.75) is 6.42 Å². The summed E-state index contributed by atoms with van der Waals surface area (Å²) < 4.78 is 0. The maximum atomic E-state index is 5.71. The first-order chi connectivity index (χ1) is 8.13. The number of nitrogens with one attached hydrogen (secondary N) is 1. The van der Waals surface area contributed by atoms with Gasteiger partial charge in [0.2, 0.25) is 0 Å². The van der Waals surface area contributed by atoms with Gasteiger partial charge in [-0.15, -0.1) is 35.3 Å². The van der Waals surface area contributed by atoms with Crippen molar-refractivity contribution in [2.24, 2.45) is 4.99 Å². The Morgan fingerprint density at radius 1 is 1.61 bits per heavy atom. The highest BCUT2D eigenvalue weighted by molar-refractivity contribution is 14.0. The minimum Gasteiger partial charge on any atom is -0.351 e. The van der Waals surface area contributed by atoms with Gasteiger partial charge in [0.15, 0.2) is 5.96 Å². The molecule has 0 spiro atoms. The summed E-state index contributed by atoms with van der Waals surface area (Å²) in [6.07, 6.45) is 1.02. The van der Waals surface area contributed by atoms with Crippen molar-refractivity contribution in [1.29, 1.82) is 0 Å². The molecular weight excluding hydrogens is 381 g/mol. The van der Waals surface area contributed by atoms with E-state index < -0.39 is 0 Å². The number of hydrogen-bond donors (Lipinski definition) is 1. The number of rotatable bonds is 5.